The van der Waals surface area contributed by atoms with Crippen LogP contribution in [0.5, 0.6) is 0 Å². The van der Waals surface area contributed by atoms with Gasteiger partial charge in [-0.25, -0.2) is 10.3 Å². The normalized spacial score (nSPS) is 18.2. The second-order valence-electron chi connectivity index (χ2n) is 12.3. The molecule has 40 heavy (non-hydrogen) atoms. The van der Waals surface area contributed by atoms with Gasteiger partial charge >= 0.3 is 0 Å². The molecule has 9 heteroatoms. The van der Waals surface area contributed by atoms with Crippen LogP contribution in [-0.4, -0.2) is 48.2 Å². The molecule has 3 amide bonds. The summed E-state index contributed by atoms with van der Waals surface area (Å²) in [7, 11) is 0. The lowest BCUT2D eigenvalue weighted by atomic mass is 9.82. The summed E-state index contributed by atoms with van der Waals surface area (Å²) in [5, 5.41) is 1.31. The molecule has 0 saturated carbocycles. The van der Waals surface area contributed by atoms with Crippen LogP contribution in [0.4, 0.5) is 0 Å². The number of ether oxygens (including phenoxy) is 1. The van der Waals surface area contributed by atoms with Gasteiger partial charge in [-0.15, -0.1) is 0 Å². The third-order valence-electron chi connectivity index (χ3n) is 6.80. The zero-order chi connectivity index (χ0) is 29.7. The second kappa shape index (κ2) is 16.5. The molecule has 1 fully saturated rings. The Balaban J connectivity index is 2.29. The number of hydroxylamine groups is 1. The molecule has 0 bridgehead atoms. The van der Waals surface area contributed by atoms with Gasteiger partial charge in [0.05, 0.1) is 17.9 Å². The zero-order valence-electron chi connectivity index (χ0n) is 25.2. The van der Waals surface area contributed by atoms with E-state index < -0.39 is 36.0 Å². The summed E-state index contributed by atoms with van der Waals surface area (Å²) in [6, 6.07) is 8.99. The quantitative estimate of drug-likeness (QED) is 0.305. The average Bonchev–Trinajstić information content (AvgIpc) is 2.91. The van der Waals surface area contributed by atoms with Gasteiger partial charge in [0.1, 0.15) is 0 Å². The number of benzene rings is 1. The van der Waals surface area contributed by atoms with Gasteiger partial charge in [0.25, 0.3) is 5.91 Å². The number of carbonyl (C=O) groups is 3. The van der Waals surface area contributed by atoms with E-state index in [1.165, 1.54) is 5.01 Å². The van der Waals surface area contributed by atoms with Crippen molar-refractivity contribution in [1.82, 2.24) is 15.9 Å². The van der Waals surface area contributed by atoms with Crippen LogP contribution in [0.2, 0.25) is 0 Å². The first kappa shape index (κ1) is 33.5. The zero-order valence-corrected chi connectivity index (χ0v) is 25.2. The van der Waals surface area contributed by atoms with Crippen LogP contribution < -0.4 is 16.6 Å². The Bertz CT molecular complexity index is 952. The van der Waals surface area contributed by atoms with Gasteiger partial charge in [0.15, 0.2) is 6.29 Å². The molecular formula is C31H50N4O5. The van der Waals surface area contributed by atoms with Crippen LogP contribution in [0, 0.1) is 23.2 Å². The van der Waals surface area contributed by atoms with E-state index in [-0.39, 0.29) is 17.2 Å². The first-order valence-corrected chi connectivity index (χ1v) is 14.5. The van der Waals surface area contributed by atoms with Crippen molar-refractivity contribution >= 4 is 23.8 Å². The van der Waals surface area contributed by atoms with Crippen LogP contribution in [0.15, 0.2) is 36.4 Å². The number of nitrogens with zero attached hydrogens (tertiary/aromatic N) is 1. The molecule has 9 nitrogen and oxygen atoms in total. The first-order chi connectivity index (χ1) is 18.9. The Morgan fingerprint density at radius 2 is 1.80 bits per heavy atom. The summed E-state index contributed by atoms with van der Waals surface area (Å²) in [5.41, 5.74) is 12.2. The highest BCUT2D eigenvalue weighted by Gasteiger charge is 2.36. The number of hydrogen-bond donors (Lipinski definition) is 3. The fourth-order valence-electron chi connectivity index (χ4n) is 4.46. The maximum Gasteiger partial charge on any atom is 0.257 e. The molecule has 0 aliphatic carbocycles. The molecule has 1 aliphatic rings. The largest absolute Gasteiger partial charge is 0.350 e. The average molecular weight is 559 g/mol. The molecule has 0 aromatic heterocycles. The van der Waals surface area contributed by atoms with Crippen molar-refractivity contribution < 1.29 is 24.0 Å². The molecule has 4 N–H and O–H groups in total. The standard InChI is InChI=1S/C31H50N4O5/c1-22(2)21-26(28(36)33-35(30(38)23(3)32)19-18-31(4,5)6)25(16-12-15-24-13-8-7-9-14-24)29(37)34-40-27-17-10-11-20-39-27/h7-9,12-15,22-23,25-27H,10-11,16-21,32H2,1-6H3,(H,33,36)(H,34,37)/b15-12+/t23-,25+,26-,27?/m1/s1. The third-order valence-corrected chi connectivity index (χ3v) is 6.80. The number of hydrazine groups is 1. The second-order valence-corrected chi connectivity index (χ2v) is 12.3. The van der Waals surface area contributed by atoms with Crippen molar-refractivity contribution in [3.63, 3.8) is 0 Å². The number of amides is 3. The number of carbonyl (C=O) groups excluding carboxylic acids is 3. The highest BCUT2D eigenvalue weighted by atomic mass is 16.8. The Morgan fingerprint density at radius 3 is 2.38 bits per heavy atom. The van der Waals surface area contributed by atoms with E-state index in [1.807, 2.05) is 56.3 Å². The lowest BCUT2D eigenvalue weighted by molar-refractivity contribution is -0.203. The topological polar surface area (TPSA) is 123 Å². The molecule has 0 spiro atoms. The lowest BCUT2D eigenvalue weighted by Crippen LogP contribution is -2.55. The molecule has 2 rings (SSSR count). The summed E-state index contributed by atoms with van der Waals surface area (Å²) in [4.78, 5) is 45.9. The van der Waals surface area contributed by atoms with E-state index in [0.29, 0.717) is 38.8 Å². The van der Waals surface area contributed by atoms with Gasteiger partial charge in [0.2, 0.25) is 11.8 Å². The monoisotopic (exact) mass is 558 g/mol. The molecule has 0 radical (unpaired) electrons. The maximum absolute atomic E-state index is 13.8. The van der Waals surface area contributed by atoms with Gasteiger partial charge in [-0.1, -0.05) is 77.1 Å². The summed E-state index contributed by atoms with van der Waals surface area (Å²) >= 11 is 0. The molecule has 224 valence electrons. The molecule has 4 atom stereocenters. The van der Waals surface area contributed by atoms with Crippen LogP contribution in [-0.2, 0) is 24.0 Å². The highest BCUT2D eigenvalue weighted by molar-refractivity contribution is 5.89. The van der Waals surface area contributed by atoms with Crippen LogP contribution in [0.1, 0.15) is 85.6 Å². The van der Waals surface area contributed by atoms with Crippen molar-refractivity contribution in [3.05, 3.63) is 42.0 Å². The van der Waals surface area contributed by atoms with Crippen molar-refractivity contribution in [2.45, 2.75) is 92.4 Å². The van der Waals surface area contributed by atoms with Crippen LogP contribution >= 0.6 is 0 Å². The molecule has 1 aliphatic heterocycles. The molecule has 1 heterocycles. The van der Waals surface area contributed by atoms with Gasteiger partial charge < -0.3 is 10.5 Å². The Labute approximate surface area is 240 Å². The fraction of sp³-hybridized carbons (Fsp3) is 0.645. The smallest absolute Gasteiger partial charge is 0.257 e. The van der Waals surface area contributed by atoms with Crippen LogP contribution in [0.25, 0.3) is 6.08 Å². The number of rotatable bonds is 13. The molecule has 1 aromatic carbocycles. The number of nitrogens with one attached hydrogen (secondary N) is 2. The van der Waals surface area contributed by atoms with Gasteiger partial charge in [0, 0.05) is 19.6 Å². The maximum atomic E-state index is 13.8. The van der Waals surface area contributed by atoms with Gasteiger partial charge in [-0.05, 0) is 55.9 Å². The molecule has 1 aromatic rings. The lowest BCUT2D eigenvalue weighted by Gasteiger charge is -2.32. The van der Waals surface area contributed by atoms with E-state index in [4.69, 9.17) is 15.3 Å². The SMILES string of the molecule is CC(C)C[C@@H](C(=O)NN(CCC(C)(C)C)C(=O)[C@@H](C)N)[C@H](C/C=C/c1ccccc1)C(=O)NOC1CCCCO1. The minimum atomic E-state index is -0.777. The van der Waals surface area contributed by atoms with Crippen molar-refractivity contribution in [2.75, 3.05) is 13.2 Å². The van der Waals surface area contributed by atoms with Gasteiger partial charge in [-0.2, -0.15) is 0 Å². The molecular weight excluding hydrogens is 508 g/mol. The summed E-state index contributed by atoms with van der Waals surface area (Å²) in [6.07, 6.45) is 7.37. The van der Waals surface area contributed by atoms with E-state index in [1.54, 1.807) is 6.92 Å². The summed E-state index contributed by atoms with van der Waals surface area (Å²) in [6.45, 7) is 12.7. The number of nitrogens with two attached hydrogens (primary N) is 1. The number of allylic oxidation sites excluding steroid dienone is 1. The highest BCUT2D eigenvalue weighted by Crippen LogP contribution is 2.27. The van der Waals surface area contributed by atoms with E-state index in [0.717, 1.165) is 18.4 Å². The van der Waals surface area contributed by atoms with Crippen molar-refractivity contribution in [2.24, 2.45) is 28.9 Å². The predicted octanol–water partition coefficient (Wildman–Crippen LogP) is 4.59. The van der Waals surface area contributed by atoms with Crippen molar-refractivity contribution in [3.8, 4) is 0 Å². The van der Waals surface area contributed by atoms with Gasteiger partial charge in [-0.3, -0.25) is 24.8 Å². The molecule has 1 unspecified atom stereocenters. The molecule has 1 saturated heterocycles. The Hall–Kier alpha value is -2.75. The Kier molecular flexibility index (Phi) is 13.8. The van der Waals surface area contributed by atoms with E-state index >= 15 is 0 Å². The predicted molar refractivity (Wildman–Crippen MR) is 157 cm³/mol. The van der Waals surface area contributed by atoms with Crippen LogP contribution in [0.3, 0.4) is 0 Å². The Morgan fingerprint density at radius 1 is 1.10 bits per heavy atom. The summed E-state index contributed by atoms with van der Waals surface area (Å²) < 4.78 is 5.59. The first-order valence-electron chi connectivity index (χ1n) is 14.5. The summed E-state index contributed by atoms with van der Waals surface area (Å²) in [5.74, 6) is -2.48. The third kappa shape index (κ3) is 12.2. The van der Waals surface area contributed by atoms with Crippen molar-refractivity contribution in [1.29, 1.82) is 0 Å². The van der Waals surface area contributed by atoms with E-state index in [9.17, 15) is 14.4 Å². The minimum Gasteiger partial charge on any atom is -0.350 e. The van der Waals surface area contributed by atoms with E-state index in [2.05, 4.69) is 31.7 Å². The fourth-order valence-corrected chi connectivity index (χ4v) is 4.46. The minimum absolute atomic E-state index is 0.0540. The number of hydrogen-bond acceptors (Lipinski definition) is 6.